The lowest BCUT2D eigenvalue weighted by molar-refractivity contribution is 0.177. The highest BCUT2D eigenvalue weighted by molar-refractivity contribution is 5.89. The Morgan fingerprint density at radius 2 is 2.12 bits per heavy atom. The smallest absolute Gasteiger partial charge is 0.319 e. The first-order valence-electron chi connectivity index (χ1n) is 6.02. The summed E-state index contributed by atoms with van der Waals surface area (Å²) in [6.45, 7) is 6.58. The van der Waals surface area contributed by atoms with Crippen molar-refractivity contribution in [3.63, 3.8) is 0 Å². The molecule has 1 aromatic rings. The summed E-state index contributed by atoms with van der Waals surface area (Å²) in [5, 5.41) is 6.20. The van der Waals surface area contributed by atoms with E-state index < -0.39 is 0 Å². The highest BCUT2D eigenvalue weighted by atomic mass is 16.2. The predicted molar refractivity (Wildman–Crippen MR) is 69.2 cm³/mol. The number of hydrogen-bond acceptors (Lipinski definition) is 2. The van der Waals surface area contributed by atoms with E-state index in [2.05, 4.69) is 17.6 Å². The molecule has 0 saturated carbocycles. The molecule has 0 aromatic heterocycles. The number of amides is 2. The van der Waals surface area contributed by atoms with Gasteiger partial charge in [0.2, 0.25) is 0 Å². The molecule has 1 aromatic carbocycles. The van der Waals surface area contributed by atoms with Gasteiger partial charge in [0.15, 0.2) is 0 Å². The molecule has 2 amide bonds. The maximum Gasteiger partial charge on any atom is 0.322 e. The zero-order valence-corrected chi connectivity index (χ0v) is 10.4. The average molecular weight is 233 g/mol. The van der Waals surface area contributed by atoms with Gasteiger partial charge in [0.25, 0.3) is 0 Å². The molecule has 4 heteroatoms. The number of hydrogen-bond donors (Lipinski definition) is 2. The van der Waals surface area contributed by atoms with E-state index in [0.717, 1.165) is 25.3 Å². The van der Waals surface area contributed by atoms with Gasteiger partial charge in [-0.3, -0.25) is 0 Å². The summed E-state index contributed by atoms with van der Waals surface area (Å²) in [5.74, 6) is 0. The lowest BCUT2D eigenvalue weighted by Crippen LogP contribution is -2.53. The van der Waals surface area contributed by atoms with Crippen LogP contribution in [-0.4, -0.2) is 36.6 Å². The van der Waals surface area contributed by atoms with Crippen LogP contribution in [0.5, 0.6) is 0 Å². The second kappa shape index (κ2) is 5.19. The second-order valence-corrected chi connectivity index (χ2v) is 4.54. The number of aryl methyl sites for hydroxylation is 1. The first-order valence-corrected chi connectivity index (χ1v) is 6.02. The highest BCUT2D eigenvalue weighted by Crippen LogP contribution is 2.11. The molecular formula is C13H19N3O. The van der Waals surface area contributed by atoms with Gasteiger partial charge >= 0.3 is 6.03 Å². The molecule has 1 saturated heterocycles. The second-order valence-electron chi connectivity index (χ2n) is 4.54. The fourth-order valence-corrected chi connectivity index (χ4v) is 1.97. The van der Waals surface area contributed by atoms with Crippen LogP contribution in [0.2, 0.25) is 0 Å². The van der Waals surface area contributed by atoms with E-state index in [0.29, 0.717) is 0 Å². The van der Waals surface area contributed by atoms with Crippen LogP contribution in [0.3, 0.4) is 0 Å². The number of carbonyl (C=O) groups excluding carboxylic acids is 1. The summed E-state index contributed by atoms with van der Waals surface area (Å²) in [6.07, 6.45) is 0. The summed E-state index contributed by atoms with van der Waals surface area (Å²) >= 11 is 0. The standard InChI is InChI=1S/C13H19N3O/c1-10-3-5-12(6-4-10)15-13(17)16-8-7-14-9-11(16)2/h3-6,11,14H,7-9H2,1-2H3,(H,15,17). The monoisotopic (exact) mass is 233 g/mol. The SMILES string of the molecule is Cc1ccc(NC(=O)N2CCNCC2C)cc1. The van der Waals surface area contributed by atoms with Crippen molar-refractivity contribution in [2.75, 3.05) is 25.0 Å². The Hall–Kier alpha value is -1.55. The minimum Gasteiger partial charge on any atom is -0.319 e. The zero-order valence-electron chi connectivity index (χ0n) is 10.4. The maximum atomic E-state index is 12.0. The van der Waals surface area contributed by atoms with Crippen LogP contribution in [0, 0.1) is 6.92 Å². The van der Waals surface area contributed by atoms with E-state index in [-0.39, 0.29) is 12.1 Å². The number of nitrogens with zero attached hydrogens (tertiary/aromatic N) is 1. The van der Waals surface area contributed by atoms with Gasteiger partial charge in [-0.2, -0.15) is 0 Å². The molecule has 92 valence electrons. The summed E-state index contributed by atoms with van der Waals surface area (Å²) in [4.78, 5) is 13.9. The molecule has 1 aliphatic heterocycles. The number of anilines is 1. The lowest BCUT2D eigenvalue weighted by Gasteiger charge is -2.33. The van der Waals surface area contributed by atoms with E-state index in [1.165, 1.54) is 5.56 Å². The van der Waals surface area contributed by atoms with Crippen LogP contribution in [0.1, 0.15) is 12.5 Å². The van der Waals surface area contributed by atoms with Crippen molar-refractivity contribution in [1.82, 2.24) is 10.2 Å². The number of carbonyl (C=O) groups is 1. The molecule has 1 atom stereocenters. The normalized spacial score (nSPS) is 20.1. The van der Waals surface area contributed by atoms with Crippen LogP contribution in [-0.2, 0) is 0 Å². The molecule has 0 radical (unpaired) electrons. The summed E-state index contributed by atoms with van der Waals surface area (Å²) in [7, 11) is 0. The Balaban J connectivity index is 1.98. The van der Waals surface area contributed by atoms with E-state index >= 15 is 0 Å². The maximum absolute atomic E-state index is 12.0. The van der Waals surface area contributed by atoms with Gasteiger partial charge in [-0.05, 0) is 26.0 Å². The number of nitrogens with one attached hydrogen (secondary N) is 2. The quantitative estimate of drug-likeness (QED) is 0.777. The Labute approximate surface area is 102 Å². The molecule has 0 aliphatic carbocycles. The molecule has 4 nitrogen and oxygen atoms in total. The van der Waals surface area contributed by atoms with E-state index in [9.17, 15) is 4.79 Å². The molecule has 0 spiro atoms. The van der Waals surface area contributed by atoms with Crippen molar-refractivity contribution in [3.8, 4) is 0 Å². The molecule has 1 fully saturated rings. The predicted octanol–water partition coefficient (Wildman–Crippen LogP) is 1.82. The fraction of sp³-hybridized carbons (Fsp3) is 0.462. The van der Waals surface area contributed by atoms with Crippen LogP contribution >= 0.6 is 0 Å². The van der Waals surface area contributed by atoms with Crippen LogP contribution in [0.15, 0.2) is 24.3 Å². The van der Waals surface area contributed by atoms with Crippen molar-refractivity contribution in [2.24, 2.45) is 0 Å². The largest absolute Gasteiger partial charge is 0.322 e. The molecule has 1 unspecified atom stereocenters. The van der Waals surface area contributed by atoms with Gasteiger partial charge in [0.1, 0.15) is 0 Å². The highest BCUT2D eigenvalue weighted by Gasteiger charge is 2.22. The Bertz CT molecular complexity index is 388. The average Bonchev–Trinajstić information content (AvgIpc) is 2.32. The van der Waals surface area contributed by atoms with Gasteiger partial charge in [0.05, 0.1) is 0 Å². The number of urea groups is 1. The Morgan fingerprint density at radius 1 is 1.41 bits per heavy atom. The first kappa shape index (κ1) is 11.9. The van der Waals surface area contributed by atoms with Crippen molar-refractivity contribution in [3.05, 3.63) is 29.8 Å². The van der Waals surface area contributed by atoms with Gasteiger partial charge in [0, 0.05) is 31.4 Å². The molecule has 2 rings (SSSR count). The number of benzene rings is 1. The fourth-order valence-electron chi connectivity index (χ4n) is 1.97. The van der Waals surface area contributed by atoms with Crippen molar-refractivity contribution >= 4 is 11.7 Å². The molecule has 2 N–H and O–H groups in total. The van der Waals surface area contributed by atoms with Crippen molar-refractivity contribution in [1.29, 1.82) is 0 Å². The molecule has 0 bridgehead atoms. The Kier molecular flexibility index (Phi) is 3.64. The third-order valence-corrected chi connectivity index (χ3v) is 3.06. The number of piperazine rings is 1. The van der Waals surface area contributed by atoms with Crippen molar-refractivity contribution in [2.45, 2.75) is 19.9 Å². The lowest BCUT2D eigenvalue weighted by atomic mass is 10.2. The van der Waals surface area contributed by atoms with Gasteiger partial charge in [-0.1, -0.05) is 17.7 Å². The van der Waals surface area contributed by atoms with Crippen LogP contribution in [0.25, 0.3) is 0 Å². The van der Waals surface area contributed by atoms with Gasteiger partial charge < -0.3 is 15.5 Å². The summed E-state index contributed by atoms with van der Waals surface area (Å²) < 4.78 is 0. The van der Waals surface area contributed by atoms with Crippen molar-refractivity contribution < 1.29 is 4.79 Å². The third kappa shape index (κ3) is 2.97. The minimum absolute atomic E-state index is 0.0112. The topological polar surface area (TPSA) is 44.4 Å². The van der Waals surface area contributed by atoms with E-state index in [1.54, 1.807) is 0 Å². The molecule has 1 aliphatic rings. The Morgan fingerprint density at radius 3 is 2.76 bits per heavy atom. The first-order chi connectivity index (χ1) is 8.16. The third-order valence-electron chi connectivity index (χ3n) is 3.06. The van der Waals surface area contributed by atoms with E-state index in [1.807, 2.05) is 36.1 Å². The summed E-state index contributed by atoms with van der Waals surface area (Å²) in [6, 6.07) is 8.09. The molecule has 17 heavy (non-hydrogen) atoms. The van der Waals surface area contributed by atoms with Crippen LogP contribution in [0.4, 0.5) is 10.5 Å². The molecular weight excluding hydrogens is 214 g/mol. The molecule has 1 heterocycles. The van der Waals surface area contributed by atoms with Gasteiger partial charge in [-0.15, -0.1) is 0 Å². The number of rotatable bonds is 1. The zero-order chi connectivity index (χ0) is 12.3. The minimum atomic E-state index is -0.0112. The summed E-state index contributed by atoms with van der Waals surface area (Å²) in [5.41, 5.74) is 2.05. The van der Waals surface area contributed by atoms with E-state index in [4.69, 9.17) is 0 Å². The van der Waals surface area contributed by atoms with Gasteiger partial charge in [-0.25, -0.2) is 4.79 Å². The van der Waals surface area contributed by atoms with Crippen LogP contribution < -0.4 is 10.6 Å².